The molecule has 0 saturated carbocycles. The molecular weight excluding hydrogens is 259 g/mol. The van der Waals surface area contributed by atoms with Gasteiger partial charge >= 0.3 is 0 Å². The maximum atomic E-state index is 14.8. The van der Waals surface area contributed by atoms with Gasteiger partial charge in [0.25, 0.3) is 0 Å². The van der Waals surface area contributed by atoms with Crippen molar-refractivity contribution >= 4 is 11.0 Å². The van der Waals surface area contributed by atoms with Crippen molar-refractivity contribution < 1.29 is 13.9 Å². The molecule has 1 fully saturated rings. The van der Waals surface area contributed by atoms with Gasteiger partial charge in [0, 0.05) is 19.8 Å². The van der Waals surface area contributed by atoms with E-state index in [2.05, 4.69) is 11.9 Å². The van der Waals surface area contributed by atoms with E-state index < -0.39 is 0 Å². The topological polar surface area (TPSA) is 36.3 Å². The fourth-order valence-corrected chi connectivity index (χ4v) is 2.72. The first-order chi connectivity index (χ1) is 9.81. The van der Waals surface area contributed by atoms with Gasteiger partial charge in [-0.25, -0.2) is 9.37 Å². The molecule has 107 valence electrons. The number of nitrogens with zero attached hydrogens (tertiary/aromatic N) is 2. The van der Waals surface area contributed by atoms with Crippen molar-refractivity contribution in [3.05, 3.63) is 36.8 Å². The first-order valence-corrected chi connectivity index (χ1v) is 6.89. The van der Waals surface area contributed by atoms with Gasteiger partial charge in [0.15, 0.2) is 5.82 Å². The molecule has 1 aromatic heterocycles. The summed E-state index contributed by atoms with van der Waals surface area (Å²) in [5, 5.41) is 0. The van der Waals surface area contributed by atoms with E-state index in [1.165, 1.54) is 0 Å². The summed E-state index contributed by atoms with van der Waals surface area (Å²) in [4.78, 5) is 4.22. The van der Waals surface area contributed by atoms with Gasteiger partial charge in [-0.2, -0.15) is 0 Å². The number of aromatic nitrogens is 2. The SMILES string of the molecule is [CH2]COCn1cnc2ccc(C3CCOCC3)c(F)c21. The number of benzene rings is 1. The molecule has 1 radical (unpaired) electrons. The van der Waals surface area contributed by atoms with Gasteiger partial charge in [-0.05, 0) is 37.3 Å². The molecule has 1 aliphatic rings. The highest BCUT2D eigenvalue weighted by Crippen LogP contribution is 2.32. The van der Waals surface area contributed by atoms with Crippen LogP contribution in [-0.4, -0.2) is 29.4 Å². The molecule has 0 bridgehead atoms. The van der Waals surface area contributed by atoms with E-state index in [9.17, 15) is 4.39 Å². The Kier molecular flexibility index (Phi) is 3.98. The van der Waals surface area contributed by atoms with E-state index in [4.69, 9.17) is 9.47 Å². The smallest absolute Gasteiger partial charge is 0.152 e. The van der Waals surface area contributed by atoms with E-state index in [1.54, 1.807) is 10.9 Å². The molecule has 1 saturated heterocycles. The maximum Gasteiger partial charge on any atom is 0.152 e. The molecule has 0 aliphatic carbocycles. The number of fused-ring (bicyclic) bond motifs is 1. The van der Waals surface area contributed by atoms with E-state index >= 15 is 0 Å². The van der Waals surface area contributed by atoms with Crippen molar-refractivity contribution in [2.45, 2.75) is 25.5 Å². The summed E-state index contributed by atoms with van der Waals surface area (Å²) in [6, 6.07) is 3.73. The molecule has 5 heteroatoms. The molecule has 0 N–H and O–H groups in total. The fraction of sp³-hybridized carbons (Fsp3) is 0.467. The number of ether oxygens (including phenoxy) is 2. The van der Waals surface area contributed by atoms with Gasteiger partial charge in [0.1, 0.15) is 12.2 Å². The highest BCUT2D eigenvalue weighted by Gasteiger charge is 2.22. The number of imidazole rings is 1. The van der Waals surface area contributed by atoms with E-state index in [0.29, 0.717) is 30.9 Å². The second kappa shape index (κ2) is 5.89. The average Bonchev–Trinajstić information content (AvgIpc) is 2.90. The van der Waals surface area contributed by atoms with Gasteiger partial charge in [0.2, 0.25) is 0 Å². The molecule has 0 unspecified atom stereocenters. The molecule has 0 spiro atoms. The maximum absolute atomic E-state index is 14.8. The molecule has 1 aliphatic heterocycles. The normalized spacial score (nSPS) is 16.9. The molecule has 0 atom stereocenters. The minimum absolute atomic E-state index is 0.181. The summed E-state index contributed by atoms with van der Waals surface area (Å²) in [7, 11) is 0. The molecule has 20 heavy (non-hydrogen) atoms. The van der Waals surface area contributed by atoms with E-state index in [0.717, 1.165) is 18.4 Å². The lowest BCUT2D eigenvalue weighted by Crippen LogP contribution is -2.15. The van der Waals surface area contributed by atoms with Crippen LogP contribution in [0.25, 0.3) is 11.0 Å². The number of rotatable bonds is 4. The Morgan fingerprint density at radius 3 is 2.95 bits per heavy atom. The second-order valence-corrected chi connectivity index (χ2v) is 4.97. The lowest BCUT2D eigenvalue weighted by atomic mass is 9.91. The zero-order valence-electron chi connectivity index (χ0n) is 11.3. The summed E-state index contributed by atoms with van der Waals surface area (Å²) in [6.45, 7) is 5.64. The highest BCUT2D eigenvalue weighted by molar-refractivity contribution is 5.77. The summed E-state index contributed by atoms with van der Waals surface area (Å²) in [6.07, 6.45) is 3.34. The summed E-state index contributed by atoms with van der Waals surface area (Å²) in [5.74, 6) is 0.0461. The van der Waals surface area contributed by atoms with Gasteiger partial charge < -0.3 is 14.0 Å². The van der Waals surface area contributed by atoms with E-state index in [1.807, 2.05) is 12.1 Å². The minimum atomic E-state index is -0.181. The third-order valence-corrected chi connectivity index (χ3v) is 3.78. The summed E-state index contributed by atoms with van der Waals surface area (Å²) < 4.78 is 27.1. The van der Waals surface area contributed by atoms with Crippen LogP contribution in [0.2, 0.25) is 0 Å². The third-order valence-electron chi connectivity index (χ3n) is 3.78. The van der Waals surface area contributed by atoms with Crippen molar-refractivity contribution in [3.63, 3.8) is 0 Å². The van der Waals surface area contributed by atoms with Gasteiger partial charge in [-0.3, -0.25) is 0 Å². The van der Waals surface area contributed by atoms with Crippen molar-refractivity contribution in [2.75, 3.05) is 19.8 Å². The van der Waals surface area contributed by atoms with Crippen LogP contribution < -0.4 is 0 Å². The second-order valence-electron chi connectivity index (χ2n) is 4.97. The van der Waals surface area contributed by atoms with Crippen LogP contribution in [0.5, 0.6) is 0 Å². The number of halogens is 1. The van der Waals surface area contributed by atoms with E-state index in [-0.39, 0.29) is 18.5 Å². The van der Waals surface area contributed by atoms with Crippen LogP contribution in [0.4, 0.5) is 4.39 Å². The minimum Gasteiger partial charge on any atom is -0.381 e. The highest BCUT2D eigenvalue weighted by atomic mass is 19.1. The molecule has 1 aromatic carbocycles. The predicted molar refractivity (Wildman–Crippen MR) is 73.8 cm³/mol. The predicted octanol–water partition coefficient (Wildman–Crippen LogP) is 2.88. The van der Waals surface area contributed by atoms with Gasteiger partial charge in [0.05, 0.1) is 11.8 Å². The van der Waals surface area contributed by atoms with Crippen molar-refractivity contribution in [2.24, 2.45) is 0 Å². The van der Waals surface area contributed by atoms with Crippen LogP contribution >= 0.6 is 0 Å². The third kappa shape index (κ3) is 2.43. The van der Waals surface area contributed by atoms with Gasteiger partial charge in [-0.1, -0.05) is 6.07 Å². The lowest BCUT2D eigenvalue weighted by molar-refractivity contribution is 0.0845. The first-order valence-electron chi connectivity index (χ1n) is 6.89. The average molecular weight is 277 g/mol. The number of hydrogen-bond donors (Lipinski definition) is 0. The number of hydrogen-bond acceptors (Lipinski definition) is 3. The van der Waals surface area contributed by atoms with Crippen LogP contribution in [0, 0.1) is 12.7 Å². The molecular formula is C15H18FN2O2. The van der Waals surface area contributed by atoms with Crippen molar-refractivity contribution in [3.8, 4) is 0 Å². The standard InChI is InChI=1S/C15H18FN2O2/c1-2-19-10-18-9-17-13-4-3-12(14(16)15(13)18)11-5-7-20-8-6-11/h3-4,9,11H,1-2,5-8,10H2. The Balaban J connectivity index is 1.99. The Hall–Kier alpha value is -1.46. The van der Waals surface area contributed by atoms with Crippen LogP contribution in [0.15, 0.2) is 18.5 Å². The zero-order chi connectivity index (χ0) is 13.9. The molecule has 0 amide bonds. The van der Waals surface area contributed by atoms with Crippen molar-refractivity contribution in [1.29, 1.82) is 0 Å². The molecule has 4 nitrogen and oxygen atoms in total. The zero-order valence-corrected chi connectivity index (χ0v) is 11.3. The van der Waals surface area contributed by atoms with Gasteiger partial charge in [-0.15, -0.1) is 0 Å². The molecule has 2 aromatic rings. The molecule has 3 rings (SSSR count). The lowest BCUT2D eigenvalue weighted by Gasteiger charge is -2.23. The summed E-state index contributed by atoms with van der Waals surface area (Å²) in [5.41, 5.74) is 1.94. The Morgan fingerprint density at radius 1 is 1.40 bits per heavy atom. The Bertz CT molecular complexity index is 591. The monoisotopic (exact) mass is 277 g/mol. The quantitative estimate of drug-likeness (QED) is 0.862. The van der Waals surface area contributed by atoms with Crippen LogP contribution in [0.1, 0.15) is 24.3 Å². The van der Waals surface area contributed by atoms with Crippen LogP contribution in [-0.2, 0) is 16.2 Å². The summed E-state index contributed by atoms with van der Waals surface area (Å²) >= 11 is 0. The Labute approximate surface area is 117 Å². The first kappa shape index (κ1) is 13.5. The fourth-order valence-electron chi connectivity index (χ4n) is 2.72. The molecule has 2 heterocycles. The largest absolute Gasteiger partial charge is 0.381 e. The Morgan fingerprint density at radius 2 is 2.20 bits per heavy atom. The van der Waals surface area contributed by atoms with Crippen molar-refractivity contribution in [1.82, 2.24) is 9.55 Å². The van der Waals surface area contributed by atoms with Crippen LogP contribution in [0.3, 0.4) is 0 Å².